The molecule has 0 N–H and O–H groups in total. The van der Waals surface area contributed by atoms with Gasteiger partial charge < -0.3 is 4.90 Å². The molecule has 0 unspecified atom stereocenters. The highest BCUT2D eigenvalue weighted by Crippen LogP contribution is 2.26. The lowest BCUT2D eigenvalue weighted by molar-refractivity contribution is 0.112. The summed E-state index contributed by atoms with van der Waals surface area (Å²) >= 11 is 0. The highest BCUT2D eigenvalue weighted by atomic mass is 16.1. The van der Waals surface area contributed by atoms with Crippen LogP contribution in [-0.2, 0) is 0 Å². The van der Waals surface area contributed by atoms with Crippen molar-refractivity contribution in [1.82, 2.24) is 19.5 Å². The molecule has 3 rings (SSSR count). The van der Waals surface area contributed by atoms with Crippen LogP contribution in [0.15, 0.2) is 18.3 Å². The van der Waals surface area contributed by atoms with Gasteiger partial charge in [-0.25, -0.2) is 0 Å². The lowest BCUT2D eigenvalue weighted by Crippen LogP contribution is -2.33. The smallest absolute Gasteiger partial charge is 0.160 e. The first-order chi connectivity index (χ1) is 9.31. The topological polar surface area (TPSA) is 50.5 Å². The van der Waals surface area contributed by atoms with Gasteiger partial charge >= 0.3 is 0 Å². The van der Waals surface area contributed by atoms with E-state index in [1.807, 2.05) is 16.7 Å². The fraction of sp³-hybridized carbons (Fsp3) is 0.500. The standard InChI is InChI=1S/C14H18N4O/c1-2-17-7-5-12(6-8-17)14-16-15-13-4-3-11(10-19)9-18(13)14/h3-4,9-10,12H,2,5-8H2,1H3. The molecule has 0 aromatic carbocycles. The molecule has 2 aromatic heterocycles. The molecular formula is C14H18N4O. The lowest BCUT2D eigenvalue weighted by atomic mass is 9.96. The number of hydrogen-bond donors (Lipinski definition) is 0. The summed E-state index contributed by atoms with van der Waals surface area (Å²) in [5, 5.41) is 8.52. The van der Waals surface area contributed by atoms with Gasteiger partial charge in [0.15, 0.2) is 11.9 Å². The molecule has 0 bridgehead atoms. The molecular weight excluding hydrogens is 240 g/mol. The molecule has 0 aliphatic carbocycles. The van der Waals surface area contributed by atoms with E-state index in [1.54, 1.807) is 6.07 Å². The van der Waals surface area contributed by atoms with Crippen molar-refractivity contribution in [3.8, 4) is 0 Å². The van der Waals surface area contributed by atoms with Gasteiger partial charge in [0.25, 0.3) is 0 Å². The van der Waals surface area contributed by atoms with Crippen LogP contribution in [0.25, 0.3) is 5.65 Å². The van der Waals surface area contributed by atoms with Crippen LogP contribution in [0, 0.1) is 0 Å². The number of fused-ring (bicyclic) bond motifs is 1. The van der Waals surface area contributed by atoms with E-state index in [0.717, 1.165) is 50.2 Å². The van der Waals surface area contributed by atoms with E-state index >= 15 is 0 Å². The van der Waals surface area contributed by atoms with Crippen molar-refractivity contribution in [3.63, 3.8) is 0 Å². The van der Waals surface area contributed by atoms with Crippen molar-refractivity contribution < 1.29 is 4.79 Å². The van der Waals surface area contributed by atoms with Crippen molar-refractivity contribution in [1.29, 1.82) is 0 Å². The quantitative estimate of drug-likeness (QED) is 0.787. The van der Waals surface area contributed by atoms with Crippen LogP contribution >= 0.6 is 0 Å². The number of aldehydes is 1. The Kier molecular flexibility index (Phi) is 3.29. The Morgan fingerprint density at radius 2 is 2.11 bits per heavy atom. The fourth-order valence-corrected chi connectivity index (χ4v) is 2.78. The summed E-state index contributed by atoms with van der Waals surface area (Å²) < 4.78 is 1.97. The molecule has 100 valence electrons. The van der Waals surface area contributed by atoms with Gasteiger partial charge in [0.05, 0.1) is 0 Å². The molecule has 0 atom stereocenters. The number of hydrogen-bond acceptors (Lipinski definition) is 4. The van der Waals surface area contributed by atoms with Gasteiger partial charge in [-0.05, 0) is 44.6 Å². The number of pyridine rings is 1. The number of rotatable bonds is 3. The third-order valence-corrected chi connectivity index (χ3v) is 3.99. The van der Waals surface area contributed by atoms with Gasteiger partial charge in [-0.1, -0.05) is 6.92 Å². The summed E-state index contributed by atoms with van der Waals surface area (Å²) in [5.74, 6) is 1.44. The first kappa shape index (κ1) is 12.3. The van der Waals surface area contributed by atoms with Crippen molar-refractivity contribution in [2.24, 2.45) is 0 Å². The Morgan fingerprint density at radius 1 is 1.32 bits per heavy atom. The number of carbonyl (C=O) groups excluding carboxylic acids is 1. The normalized spacial score (nSPS) is 17.9. The number of aromatic nitrogens is 3. The van der Waals surface area contributed by atoms with Crippen LogP contribution in [0.5, 0.6) is 0 Å². The van der Waals surface area contributed by atoms with Gasteiger partial charge in [0.2, 0.25) is 0 Å². The zero-order valence-corrected chi connectivity index (χ0v) is 11.1. The Bertz CT molecular complexity index is 584. The molecule has 0 spiro atoms. The lowest BCUT2D eigenvalue weighted by Gasteiger charge is -2.30. The number of nitrogens with zero attached hydrogens (tertiary/aromatic N) is 4. The zero-order valence-electron chi connectivity index (χ0n) is 11.1. The second-order valence-corrected chi connectivity index (χ2v) is 5.08. The Hall–Kier alpha value is -1.75. The predicted octanol–water partition coefficient (Wildman–Crippen LogP) is 1.74. The minimum absolute atomic E-state index is 0.444. The van der Waals surface area contributed by atoms with Crippen LogP contribution in [0.4, 0.5) is 0 Å². The molecule has 3 heterocycles. The minimum Gasteiger partial charge on any atom is -0.304 e. The van der Waals surface area contributed by atoms with Crippen molar-refractivity contribution in [2.45, 2.75) is 25.7 Å². The highest BCUT2D eigenvalue weighted by Gasteiger charge is 2.23. The molecule has 5 heteroatoms. The largest absolute Gasteiger partial charge is 0.304 e. The second kappa shape index (κ2) is 5.09. The van der Waals surface area contributed by atoms with E-state index in [4.69, 9.17) is 0 Å². The summed E-state index contributed by atoms with van der Waals surface area (Å²) in [7, 11) is 0. The monoisotopic (exact) mass is 258 g/mol. The zero-order chi connectivity index (χ0) is 13.2. The molecule has 1 fully saturated rings. The molecule has 19 heavy (non-hydrogen) atoms. The van der Waals surface area contributed by atoms with Crippen molar-refractivity contribution in [2.75, 3.05) is 19.6 Å². The summed E-state index contributed by atoms with van der Waals surface area (Å²) in [6, 6.07) is 3.63. The van der Waals surface area contributed by atoms with Crippen LogP contribution in [0.3, 0.4) is 0 Å². The van der Waals surface area contributed by atoms with E-state index in [0.29, 0.717) is 11.5 Å². The average Bonchev–Trinajstić information content (AvgIpc) is 2.90. The Balaban J connectivity index is 1.90. The molecule has 0 saturated carbocycles. The van der Waals surface area contributed by atoms with Crippen LogP contribution in [0.1, 0.15) is 41.9 Å². The SMILES string of the molecule is CCN1CCC(c2nnc3ccc(C=O)cn23)CC1. The number of piperidine rings is 1. The fourth-order valence-electron chi connectivity index (χ4n) is 2.78. The second-order valence-electron chi connectivity index (χ2n) is 5.08. The molecule has 5 nitrogen and oxygen atoms in total. The third-order valence-electron chi connectivity index (χ3n) is 3.99. The van der Waals surface area contributed by atoms with Gasteiger partial charge in [-0.2, -0.15) is 0 Å². The molecule has 0 radical (unpaired) electrons. The summed E-state index contributed by atoms with van der Waals surface area (Å²) in [6.07, 6.45) is 4.92. The molecule has 0 amide bonds. The number of carbonyl (C=O) groups is 1. The summed E-state index contributed by atoms with van der Waals surface area (Å²) in [6.45, 7) is 5.54. The van der Waals surface area contributed by atoms with E-state index in [9.17, 15) is 4.79 Å². The highest BCUT2D eigenvalue weighted by molar-refractivity contribution is 5.74. The van der Waals surface area contributed by atoms with E-state index in [-0.39, 0.29) is 0 Å². The first-order valence-electron chi connectivity index (χ1n) is 6.84. The molecule has 1 aliphatic rings. The van der Waals surface area contributed by atoms with Gasteiger partial charge in [-0.15, -0.1) is 10.2 Å². The van der Waals surface area contributed by atoms with Gasteiger partial charge in [-0.3, -0.25) is 9.20 Å². The Morgan fingerprint density at radius 3 is 2.79 bits per heavy atom. The molecule has 1 saturated heterocycles. The molecule has 2 aromatic rings. The molecule has 1 aliphatic heterocycles. The van der Waals surface area contributed by atoms with Gasteiger partial charge in [0, 0.05) is 17.7 Å². The van der Waals surface area contributed by atoms with E-state index in [2.05, 4.69) is 22.0 Å². The minimum atomic E-state index is 0.444. The van der Waals surface area contributed by atoms with Crippen LogP contribution in [0.2, 0.25) is 0 Å². The summed E-state index contributed by atoms with van der Waals surface area (Å²) in [5.41, 5.74) is 1.48. The van der Waals surface area contributed by atoms with Crippen molar-refractivity contribution in [3.05, 3.63) is 29.7 Å². The maximum atomic E-state index is 10.9. The van der Waals surface area contributed by atoms with Crippen LogP contribution < -0.4 is 0 Å². The average molecular weight is 258 g/mol. The summed E-state index contributed by atoms with van der Waals surface area (Å²) in [4.78, 5) is 13.3. The predicted molar refractivity (Wildman–Crippen MR) is 72.5 cm³/mol. The Labute approximate surface area is 112 Å². The maximum absolute atomic E-state index is 10.9. The van der Waals surface area contributed by atoms with Gasteiger partial charge in [0.1, 0.15) is 5.82 Å². The first-order valence-corrected chi connectivity index (χ1v) is 6.84. The van der Waals surface area contributed by atoms with Crippen LogP contribution in [-0.4, -0.2) is 45.4 Å². The maximum Gasteiger partial charge on any atom is 0.160 e. The third kappa shape index (κ3) is 2.26. The van der Waals surface area contributed by atoms with Crippen molar-refractivity contribution >= 4 is 11.9 Å². The van der Waals surface area contributed by atoms with E-state index < -0.39 is 0 Å². The number of likely N-dealkylation sites (tertiary alicyclic amines) is 1. The van der Waals surface area contributed by atoms with E-state index in [1.165, 1.54) is 0 Å².